The molecule has 1 spiro atoms. The minimum absolute atomic E-state index is 0.185. The van der Waals surface area contributed by atoms with Gasteiger partial charge in [-0.15, -0.1) is 0 Å². The third-order valence-corrected chi connectivity index (χ3v) is 6.44. The van der Waals surface area contributed by atoms with E-state index < -0.39 is 0 Å². The molecule has 0 bridgehead atoms. The van der Waals surface area contributed by atoms with Crippen molar-refractivity contribution < 1.29 is 23.8 Å². The number of unbranched alkanes of at least 4 members (excludes halogenated alkanes) is 1. The lowest BCUT2D eigenvalue weighted by Gasteiger charge is -2.43. The summed E-state index contributed by atoms with van der Waals surface area (Å²) >= 11 is 0. The Hall–Kier alpha value is -1.40. The summed E-state index contributed by atoms with van der Waals surface area (Å²) in [6.07, 6.45) is 10.1. The van der Waals surface area contributed by atoms with Crippen molar-refractivity contribution >= 4 is 12.4 Å². The fourth-order valence-corrected chi connectivity index (χ4v) is 4.07. The van der Waals surface area contributed by atoms with Gasteiger partial charge in [0.15, 0.2) is 5.79 Å². The summed E-state index contributed by atoms with van der Waals surface area (Å²) in [6.45, 7) is 12.5. The number of nitrogens with one attached hydrogen (secondary N) is 1. The minimum Gasteiger partial charge on any atom is -0.463 e. The van der Waals surface area contributed by atoms with Crippen LogP contribution in [-0.2, 0) is 23.8 Å². The molecule has 3 rings (SSSR count). The van der Waals surface area contributed by atoms with E-state index in [1.54, 1.807) is 6.92 Å². The van der Waals surface area contributed by atoms with Gasteiger partial charge in [0.25, 0.3) is 0 Å². The van der Waals surface area contributed by atoms with Crippen molar-refractivity contribution in [2.24, 2.45) is 10.8 Å². The van der Waals surface area contributed by atoms with Crippen LogP contribution in [0.3, 0.4) is 0 Å². The lowest BCUT2D eigenvalue weighted by Crippen LogP contribution is -2.47. The van der Waals surface area contributed by atoms with E-state index in [-0.39, 0.29) is 17.2 Å². The Morgan fingerprint density at radius 2 is 1.80 bits per heavy atom. The molecular weight excluding hydrogens is 382 g/mol. The maximum absolute atomic E-state index is 11.8. The average molecular weight is 424 g/mol. The Balaban J connectivity index is 0.000000216. The van der Waals surface area contributed by atoms with Gasteiger partial charge < -0.3 is 19.5 Å². The van der Waals surface area contributed by atoms with Crippen molar-refractivity contribution in [3.05, 3.63) is 11.3 Å². The molecule has 0 aromatic carbocycles. The number of esters is 1. The highest BCUT2D eigenvalue weighted by molar-refractivity contribution is 5.90. The molecule has 1 aliphatic heterocycles. The maximum Gasteiger partial charge on any atom is 0.335 e. The minimum atomic E-state index is -0.272. The van der Waals surface area contributed by atoms with E-state index in [4.69, 9.17) is 14.2 Å². The Morgan fingerprint density at radius 3 is 2.30 bits per heavy atom. The monoisotopic (exact) mass is 423 g/mol. The number of ether oxygens (including phenoxy) is 3. The first-order valence-electron chi connectivity index (χ1n) is 11.6. The molecule has 2 fully saturated rings. The summed E-state index contributed by atoms with van der Waals surface area (Å²) in [5.74, 6) is -0.538. The molecule has 1 saturated carbocycles. The molecule has 0 atom stereocenters. The van der Waals surface area contributed by atoms with Gasteiger partial charge in [-0.05, 0) is 57.3 Å². The van der Waals surface area contributed by atoms with Crippen LogP contribution in [0.5, 0.6) is 0 Å². The fourth-order valence-electron chi connectivity index (χ4n) is 4.07. The van der Waals surface area contributed by atoms with E-state index in [1.807, 2.05) is 0 Å². The zero-order chi connectivity index (χ0) is 22.3. The van der Waals surface area contributed by atoms with Crippen molar-refractivity contribution in [1.29, 1.82) is 0 Å². The first-order chi connectivity index (χ1) is 14.2. The molecule has 30 heavy (non-hydrogen) atoms. The maximum atomic E-state index is 11.8. The Bertz CT molecular complexity index is 611. The van der Waals surface area contributed by atoms with Crippen molar-refractivity contribution in [2.75, 3.05) is 19.8 Å². The van der Waals surface area contributed by atoms with Crippen molar-refractivity contribution in [2.45, 2.75) is 98.2 Å². The van der Waals surface area contributed by atoms with Crippen LogP contribution in [0.15, 0.2) is 11.3 Å². The molecule has 0 radical (unpaired) electrons. The fraction of sp³-hybridized carbons (Fsp3) is 0.833. The van der Waals surface area contributed by atoms with Crippen molar-refractivity contribution in [1.82, 2.24) is 5.32 Å². The summed E-state index contributed by atoms with van der Waals surface area (Å²) in [5.41, 5.74) is 1.96. The molecule has 3 aliphatic rings. The van der Waals surface area contributed by atoms with Crippen molar-refractivity contribution in [3.63, 3.8) is 0 Å². The number of carbonyl (C=O) groups excluding carboxylic acids is 2. The number of hydrogen-bond acceptors (Lipinski definition) is 5. The van der Waals surface area contributed by atoms with Gasteiger partial charge in [0.2, 0.25) is 6.41 Å². The third kappa shape index (κ3) is 6.81. The SMILES string of the molecule is CCCCC1(CC)OCC(C)(C)CO1.CCOC(=O)C1=C(NC=O)CCC2(CC2)C1. The van der Waals surface area contributed by atoms with Crippen LogP contribution in [0.25, 0.3) is 0 Å². The highest BCUT2D eigenvalue weighted by Gasteiger charge is 2.46. The molecule has 2 aliphatic carbocycles. The predicted octanol–water partition coefficient (Wildman–Crippen LogP) is 4.87. The number of rotatable bonds is 8. The van der Waals surface area contributed by atoms with Gasteiger partial charge in [0.05, 0.1) is 25.4 Å². The van der Waals surface area contributed by atoms with Gasteiger partial charge in [-0.25, -0.2) is 4.79 Å². The van der Waals surface area contributed by atoms with Gasteiger partial charge >= 0.3 is 5.97 Å². The summed E-state index contributed by atoms with van der Waals surface area (Å²) in [7, 11) is 0. The predicted molar refractivity (Wildman–Crippen MR) is 117 cm³/mol. The molecular formula is C24H41NO5. The second kappa shape index (κ2) is 10.8. The van der Waals surface area contributed by atoms with Crippen LogP contribution in [0.1, 0.15) is 92.4 Å². The molecule has 0 unspecified atom stereocenters. The second-order valence-corrected chi connectivity index (χ2v) is 9.73. The zero-order valence-corrected chi connectivity index (χ0v) is 19.6. The van der Waals surface area contributed by atoms with E-state index in [0.717, 1.165) is 51.0 Å². The van der Waals surface area contributed by atoms with Gasteiger partial charge in [-0.3, -0.25) is 4.79 Å². The standard InChI is InChI=1S/C12H17NO3.C12H24O2/c1-2-16-11(15)9-7-12(5-6-12)4-3-10(9)13-8-14;1-5-7-8-12(6-2)13-9-11(3,4)10-14-12/h8H,2-7H2,1H3,(H,13,14);5-10H2,1-4H3. The van der Waals surface area contributed by atoms with E-state index >= 15 is 0 Å². The zero-order valence-electron chi connectivity index (χ0n) is 19.6. The second-order valence-electron chi connectivity index (χ2n) is 9.73. The molecule has 1 amide bonds. The van der Waals surface area contributed by atoms with E-state index in [1.165, 1.54) is 25.7 Å². The third-order valence-electron chi connectivity index (χ3n) is 6.44. The largest absolute Gasteiger partial charge is 0.463 e. The first-order valence-corrected chi connectivity index (χ1v) is 11.6. The number of carbonyl (C=O) groups is 2. The molecule has 0 aromatic rings. The lowest BCUT2D eigenvalue weighted by molar-refractivity contribution is -0.303. The van der Waals surface area contributed by atoms with Crippen LogP contribution in [0.2, 0.25) is 0 Å². The molecule has 0 aromatic heterocycles. The van der Waals surface area contributed by atoms with E-state index in [0.29, 0.717) is 24.0 Å². The van der Waals surface area contributed by atoms with Crippen molar-refractivity contribution in [3.8, 4) is 0 Å². The number of amides is 1. The van der Waals surface area contributed by atoms with Crippen LogP contribution in [-0.4, -0.2) is 38.0 Å². The highest BCUT2D eigenvalue weighted by atomic mass is 16.7. The lowest BCUT2D eigenvalue weighted by atomic mass is 9.84. The molecule has 1 N–H and O–H groups in total. The Kier molecular flexibility index (Phi) is 8.92. The average Bonchev–Trinajstić information content (AvgIpc) is 3.49. The van der Waals surface area contributed by atoms with E-state index in [2.05, 4.69) is 33.0 Å². The Morgan fingerprint density at radius 1 is 1.13 bits per heavy atom. The quantitative estimate of drug-likeness (QED) is 0.445. The Labute approximate surface area is 182 Å². The summed E-state index contributed by atoms with van der Waals surface area (Å²) in [4.78, 5) is 22.2. The topological polar surface area (TPSA) is 73.9 Å². The smallest absolute Gasteiger partial charge is 0.335 e. The number of allylic oxidation sites excluding steroid dienone is 1. The highest BCUT2D eigenvalue weighted by Crippen LogP contribution is 2.57. The van der Waals surface area contributed by atoms with E-state index in [9.17, 15) is 9.59 Å². The van der Waals surface area contributed by atoms with Gasteiger partial charge in [-0.1, -0.05) is 34.1 Å². The normalized spacial score (nSPS) is 23.2. The molecule has 1 saturated heterocycles. The summed E-state index contributed by atoms with van der Waals surface area (Å²) in [5, 5.41) is 2.64. The summed E-state index contributed by atoms with van der Waals surface area (Å²) < 4.78 is 16.8. The van der Waals surface area contributed by atoms with Crippen LogP contribution in [0, 0.1) is 10.8 Å². The van der Waals surface area contributed by atoms with Crippen LogP contribution >= 0.6 is 0 Å². The van der Waals surface area contributed by atoms with Gasteiger partial charge in [-0.2, -0.15) is 0 Å². The van der Waals surface area contributed by atoms with Gasteiger partial charge in [0, 0.05) is 17.5 Å². The van der Waals surface area contributed by atoms with Crippen LogP contribution < -0.4 is 5.32 Å². The van der Waals surface area contributed by atoms with Gasteiger partial charge in [0.1, 0.15) is 0 Å². The number of hydrogen-bond donors (Lipinski definition) is 1. The first kappa shape index (κ1) is 24.9. The summed E-state index contributed by atoms with van der Waals surface area (Å²) in [6, 6.07) is 0. The molecule has 6 heteroatoms. The molecule has 6 nitrogen and oxygen atoms in total. The molecule has 172 valence electrons. The molecule has 1 heterocycles. The van der Waals surface area contributed by atoms with Crippen LogP contribution in [0.4, 0.5) is 0 Å².